The summed E-state index contributed by atoms with van der Waals surface area (Å²) in [4.78, 5) is 0. The Kier molecular flexibility index (Phi) is 6.28. The Morgan fingerprint density at radius 2 is 1.60 bits per heavy atom. The van der Waals surface area contributed by atoms with E-state index < -0.39 is 0 Å². The molecule has 106 valence electrons. The highest BCUT2D eigenvalue weighted by molar-refractivity contribution is 5.19. The zero-order chi connectivity index (χ0) is 14.0. The number of benzene rings is 2. The SMILES string of the molecule is COCC(NCCCc1ccccc1)c1ccccc1. The normalized spacial score (nSPS) is 12.2. The molecular weight excluding hydrogens is 246 g/mol. The Hall–Kier alpha value is -1.64. The minimum Gasteiger partial charge on any atom is -0.383 e. The van der Waals surface area contributed by atoms with Gasteiger partial charge in [-0.15, -0.1) is 0 Å². The summed E-state index contributed by atoms with van der Waals surface area (Å²) in [6, 6.07) is 21.4. The molecule has 0 aliphatic heterocycles. The summed E-state index contributed by atoms with van der Waals surface area (Å²) in [7, 11) is 1.75. The molecule has 0 saturated heterocycles. The molecule has 1 unspecified atom stereocenters. The predicted molar refractivity (Wildman–Crippen MR) is 83.8 cm³/mol. The van der Waals surface area contributed by atoms with Crippen molar-refractivity contribution in [2.75, 3.05) is 20.3 Å². The highest BCUT2D eigenvalue weighted by Crippen LogP contribution is 2.12. The van der Waals surface area contributed by atoms with Gasteiger partial charge in [0.1, 0.15) is 0 Å². The van der Waals surface area contributed by atoms with E-state index in [1.807, 2.05) is 6.07 Å². The Morgan fingerprint density at radius 1 is 0.950 bits per heavy atom. The largest absolute Gasteiger partial charge is 0.383 e. The average Bonchev–Trinajstić information content (AvgIpc) is 2.52. The predicted octanol–water partition coefficient (Wildman–Crippen LogP) is 3.60. The summed E-state index contributed by atoms with van der Waals surface area (Å²) in [6.07, 6.45) is 2.25. The second-order valence-electron chi connectivity index (χ2n) is 4.96. The number of nitrogens with one attached hydrogen (secondary N) is 1. The van der Waals surface area contributed by atoms with Crippen molar-refractivity contribution in [1.29, 1.82) is 0 Å². The van der Waals surface area contributed by atoms with Gasteiger partial charge < -0.3 is 10.1 Å². The lowest BCUT2D eigenvalue weighted by Crippen LogP contribution is -2.26. The Bertz CT molecular complexity index is 469. The minimum absolute atomic E-state index is 0.275. The van der Waals surface area contributed by atoms with Crippen LogP contribution >= 0.6 is 0 Å². The van der Waals surface area contributed by atoms with E-state index in [-0.39, 0.29) is 6.04 Å². The van der Waals surface area contributed by atoms with E-state index in [1.165, 1.54) is 11.1 Å². The van der Waals surface area contributed by atoms with E-state index in [0.717, 1.165) is 19.4 Å². The Labute approximate surface area is 121 Å². The van der Waals surface area contributed by atoms with Crippen LogP contribution in [0.5, 0.6) is 0 Å². The lowest BCUT2D eigenvalue weighted by molar-refractivity contribution is 0.167. The van der Waals surface area contributed by atoms with Gasteiger partial charge in [-0.2, -0.15) is 0 Å². The molecule has 2 nitrogen and oxygen atoms in total. The first-order valence-corrected chi connectivity index (χ1v) is 7.21. The van der Waals surface area contributed by atoms with Crippen molar-refractivity contribution < 1.29 is 4.74 Å². The van der Waals surface area contributed by atoms with Crippen molar-refractivity contribution >= 4 is 0 Å². The molecule has 0 radical (unpaired) electrons. The number of hydrogen-bond acceptors (Lipinski definition) is 2. The standard InChI is InChI=1S/C18H23NO/c1-20-15-18(17-12-6-3-7-13-17)19-14-8-11-16-9-4-2-5-10-16/h2-7,9-10,12-13,18-19H,8,11,14-15H2,1H3. The molecule has 1 N–H and O–H groups in total. The van der Waals surface area contributed by atoms with Crippen LogP contribution < -0.4 is 5.32 Å². The van der Waals surface area contributed by atoms with E-state index in [9.17, 15) is 0 Å². The molecule has 0 aliphatic rings. The van der Waals surface area contributed by atoms with Crippen LogP contribution in [0.3, 0.4) is 0 Å². The van der Waals surface area contributed by atoms with Crippen molar-refractivity contribution in [3.8, 4) is 0 Å². The van der Waals surface area contributed by atoms with Crippen molar-refractivity contribution in [3.63, 3.8) is 0 Å². The molecule has 0 aliphatic carbocycles. The maximum absolute atomic E-state index is 5.31. The van der Waals surface area contributed by atoms with Gasteiger partial charge in [0.2, 0.25) is 0 Å². The van der Waals surface area contributed by atoms with Gasteiger partial charge in [0.05, 0.1) is 12.6 Å². The summed E-state index contributed by atoms with van der Waals surface area (Å²) in [6.45, 7) is 1.70. The molecule has 2 aromatic carbocycles. The number of methoxy groups -OCH3 is 1. The van der Waals surface area contributed by atoms with Crippen LogP contribution in [0.4, 0.5) is 0 Å². The summed E-state index contributed by atoms with van der Waals surface area (Å²) in [5, 5.41) is 3.58. The lowest BCUT2D eigenvalue weighted by atomic mass is 10.1. The zero-order valence-electron chi connectivity index (χ0n) is 12.1. The first kappa shape index (κ1) is 14.8. The second kappa shape index (κ2) is 8.51. The number of ether oxygens (including phenoxy) is 1. The van der Waals surface area contributed by atoms with E-state index in [4.69, 9.17) is 4.74 Å². The Morgan fingerprint density at radius 3 is 2.25 bits per heavy atom. The van der Waals surface area contributed by atoms with Gasteiger partial charge in [0.15, 0.2) is 0 Å². The van der Waals surface area contributed by atoms with Gasteiger partial charge in [-0.25, -0.2) is 0 Å². The summed E-state index contributed by atoms with van der Waals surface area (Å²) >= 11 is 0. The van der Waals surface area contributed by atoms with Gasteiger partial charge in [-0.3, -0.25) is 0 Å². The van der Waals surface area contributed by atoms with Crippen LogP contribution in [-0.2, 0) is 11.2 Å². The summed E-state index contributed by atoms with van der Waals surface area (Å²) in [5.74, 6) is 0. The van der Waals surface area contributed by atoms with Crippen LogP contribution in [-0.4, -0.2) is 20.3 Å². The molecule has 2 aromatic rings. The van der Waals surface area contributed by atoms with E-state index >= 15 is 0 Å². The fourth-order valence-electron chi connectivity index (χ4n) is 2.34. The third-order valence-corrected chi connectivity index (χ3v) is 3.41. The molecule has 2 heteroatoms. The molecule has 0 saturated carbocycles. The summed E-state index contributed by atoms with van der Waals surface area (Å²) < 4.78 is 5.31. The molecule has 2 rings (SSSR count). The molecule has 0 amide bonds. The van der Waals surface area contributed by atoms with Crippen LogP contribution in [0, 0.1) is 0 Å². The topological polar surface area (TPSA) is 21.3 Å². The maximum Gasteiger partial charge on any atom is 0.0657 e. The quantitative estimate of drug-likeness (QED) is 0.739. The lowest BCUT2D eigenvalue weighted by Gasteiger charge is -2.18. The molecule has 0 aromatic heterocycles. The first-order chi connectivity index (χ1) is 9.90. The van der Waals surface area contributed by atoms with E-state index in [1.54, 1.807) is 7.11 Å². The molecular formula is C18H23NO. The van der Waals surface area contributed by atoms with Gasteiger partial charge >= 0.3 is 0 Å². The van der Waals surface area contributed by atoms with Crippen LogP contribution in [0.1, 0.15) is 23.6 Å². The molecule has 0 fully saturated rings. The van der Waals surface area contributed by atoms with Crippen LogP contribution in [0.2, 0.25) is 0 Å². The minimum atomic E-state index is 0.275. The second-order valence-corrected chi connectivity index (χ2v) is 4.96. The van der Waals surface area contributed by atoms with E-state index in [0.29, 0.717) is 6.61 Å². The van der Waals surface area contributed by atoms with Crippen molar-refractivity contribution in [2.24, 2.45) is 0 Å². The highest BCUT2D eigenvalue weighted by atomic mass is 16.5. The van der Waals surface area contributed by atoms with Crippen LogP contribution in [0.25, 0.3) is 0 Å². The number of hydrogen-bond donors (Lipinski definition) is 1. The van der Waals surface area contributed by atoms with Crippen molar-refractivity contribution in [1.82, 2.24) is 5.32 Å². The fourth-order valence-corrected chi connectivity index (χ4v) is 2.34. The van der Waals surface area contributed by atoms with Crippen LogP contribution in [0.15, 0.2) is 60.7 Å². The molecule has 1 atom stereocenters. The zero-order valence-corrected chi connectivity index (χ0v) is 12.1. The third kappa shape index (κ3) is 4.80. The molecule has 0 spiro atoms. The molecule has 0 heterocycles. The van der Waals surface area contributed by atoms with Gasteiger partial charge in [-0.05, 0) is 30.5 Å². The number of rotatable bonds is 8. The van der Waals surface area contributed by atoms with Gasteiger partial charge in [-0.1, -0.05) is 60.7 Å². The molecule has 0 bridgehead atoms. The van der Waals surface area contributed by atoms with E-state index in [2.05, 4.69) is 59.9 Å². The highest BCUT2D eigenvalue weighted by Gasteiger charge is 2.09. The fraction of sp³-hybridized carbons (Fsp3) is 0.333. The smallest absolute Gasteiger partial charge is 0.0657 e. The first-order valence-electron chi connectivity index (χ1n) is 7.21. The Balaban J connectivity index is 1.78. The van der Waals surface area contributed by atoms with Gasteiger partial charge in [0, 0.05) is 7.11 Å². The van der Waals surface area contributed by atoms with Crippen molar-refractivity contribution in [3.05, 3.63) is 71.8 Å². The third-order valence-electron chi connectivity index (χ3n) is 3.41. The summed E-state index contributed by atoms with van der Waals surface area (Å²) in [5.41, 5.74) is 2.69. The number of aryl methyl sites for hydroxylation is 1. The molecule has 20 heavy (non-hydrogen) atoms. The van der Waals surface area contributed by atoms with Gasteiger partial charge in [0.25, 0.3) is 0 Å². The monoisotopic (exact) mass is 269 g/mol. The van der Waals surface area contributed by atoms with Crippen molar-refractivity contribution in [2.45, 2.75) is 18.9 Å². The average molecular weight is 269 g/mol. The maximum atomic E-state index is 5.31.